The molecule has 13 aromatic carbocycles. The first-order valence-corrected chi connectivity index (χ1v) is 31.1. The van der Waals surface area contributed by atoms with Crippen LogP contribution >= 0.6 is 23.5 Å². The van der Waals surface area contributed by atoms with Crippen LogP contribution in [-0.4, -0.2) is 18.0 Å². The first-order valence-electron chi connectivity index (χ1n) is 29.5. The van der Waals surface area contributed by atoms with Gasteiger partial charge in [-0.1, -0.05) is 235 Å². The second-order valence-electron chi connectivity index (χ2n) is 22.6. The Hall–Kier alpha value is -10.1. The second kappa shape index (κ2) is 19.7. The van der Waals surface area contributed by atoms with Crippen molar-refractivity contribution in [2.75, 3.05) is 9.80 Å². The Morgan fingerprint density at radius 2 is 0.860 bits per heavy atom. The van der Waals surface area contributed by atoms with Crippen LogP contribution in [0.15, 0.2) is 317 Å². The van der Waals surface area contributed by atoms with Gasteiger partial charge in [-0.2, -0.15) is 0 Å². The van der Waals surface area contributed by atoms with E-state index in [9.17, 15) is 0 Å². The molecule has 8 heteroatoms. The number of aromatic nitrogens is 1. The summed E-state index contributed by atoms with van der Waals surface area (Å²) in [5.74, 6) is 1.82. The van der Waals surface area contributed by atoms with Crippen LogP contribution in [0, 0.1) is 0 Å². The van der Waals surface area contributed by atoms with Crippen molar-refractivity contribution in [3.05, 3.63) is 297 Å². The fraction of sp³-hybridized carbons (Fsp3) is 0. The molecule has 4 aliphatic heterocycles. The summed E-state index contributed by atoms with van der Waals surface area (Å²) < 4.78 is 9.85. The molecule has 0 saturated carbocycles. The summed E-state index contributed by atoms with van der Waals surface area (Å²) in [5.41, 5.74) is 25.0. The van der Waals surface area contributed by atoms with Crippen molar-refractivity contribution in [2.24, 2.45) is 0 Å². The number of benzene rings is 13. The molecule has 0 amide bonds. The molecule has 0 radical (unpaired) electrons. The van der Waals surface area contributed by atoms with Crippen molar-refractivity contribution in [1.82, 2.24) is 4.57 Å². The summed E-state index contributed by atoms with van der Waals surface area (Å²) in [6.07, 6.45) is 0. The van der Waals surface area contributed by atoms with E-state index in [4.69, 9.17) is 4.74 Å². The molecule has 4 nitrogen and oxygen atoms in total. The SMILES string of the molecule is c1ccc(-c2ccccc2N2c3ccccc3B3c4cc5c(cc4Sc4cc(N(c6ccccc6)c6ccccc6)cc2c43)Oc2cc(-c3ccccc3-c3ccc(-n4c6ccccc6c6ccccc64)cc3)cc3c2B5c2ccccc2S3)cc1. The zero-order valence-electron chi connectivity index (χ0n) is 46.5. The Balaban J connectivity index is 0.797. The normalized spacial score (nSPS) is 13.0. The predicted molar refractivity (Wildman–Crippen MR) is 363 cm³/mol. The molecular formula is C78H49B2N3OS2. The monoisotopic (exact) mass is 1130 g/mol. The average molecular weight is 1130 g/mol. The maximum absolute atomic E-state index is 7.47. The molecule has 4 aliphatic rings. The highest BCUT2D eigenvalue weighted by molar-refractivity contribution is 8.00. The van der Waals surface area contributed by atoms with E-state index in [2.05, 4.69) is 312 Å². The van der Waals surface area contributed by atoms with Gasteiger partial charge in [-0.05, 0) is 147 Å². The fourth-order valence-corrected chi connectivity index (χ4v) is 16.7. The zero-order chi connectivity index (χ0) is 56.4. The zero-order valence-corrected chi connectivity index (χ0v) is 48.1. The number of rotatable bonds is 8. The summed E-state index contributed by atoms with van der Waals surface area (Å²) >= 11 is 3.74. The molecule has 0 saturated heterocycles. The van der Waals surface area contributed by atoms with E-state index in [0.29, 0.717) is 0 Å². The lowest BCUT2D eigenvalue weighted by molar-refractivity contribution is 0.485. The maximum Gasteiger partial charge on any atom is 0.253 e. The van der Waals surface area contributed by atoms with Crippen LogP contribution < -0.4 is 47.3 Å². The molecule has 5 heterocycles. The van der Waals surface area contributed by atoms with Crippen molar-refractivity contribution in [3.63, 3.8) is 0 Å². The third-order valence-corrected chi connectivity index (χ3v) is 20.2. The van der Waals surface area contributed by atoms with Crippen molar-refractivity contribution in [2.45, 2.75) is 19.6 Å². The number of para-hydroxylation sites is 6. The summed E-state index contributed by atoms with van der Waals surface area (Å²) in [7, 11) is 0. The van der Waals surface area contributed by atoms with Gasteiger partial charge in [-0.15, -0.1) is 0 Å². The summed E-state index contributed by atoms with van der Waals surface area (Å²) in [6, 6.07) is 109. The Morgan fingerprint density at radius 1 is 0.314 bits per heavy atom. The van der Waals surface area contributed by atoms with E-state index in [1.165, 1.54) is 108 Å². The fourth-order valence-electron chi connectivity index (χ4n) is 14.3. The van der Waals surface area contributed by atoms with Crippen molar-refractivity contribution in [3.8, 4) is 50.6 Å². The van der Waals surface area contributed by atoms with E-state index < -0.39 is 0 Å². The molecule has 0 spiro atoms. The molecule has 86 heavy (non-hydrogen) atoms. The third kappa shape index (κ3) is 7.69. The molecule has 0 bridgehead atoms. The topological polar surface area (TPSA) is 20.6 Å². The molecule has 0 unspecified atom stereocenters. The molecule has 18 rings (SSSR count). The Labute approximate surface area is 508 Å². The number of hydrogen-bond acceptors (Lipinski definition) is 5. The molecule has 0 N–H and O–H groups in total. The first kappa shape index (κ1) is 49.3. The highest BCUT2D eigenvalue weighted by Crippen LogP contribution is 2.50. The van der Waals surface area contributed by atoms with Gasteiger partial charge < -0.3 is 19.1 Å². The van der Waals surface area contributed by atoms with Crippen LogP contribution in [0.25, 0.3) is 60.9 Å². The molecule has 0 fully saturated rings. The maximum atomic E-state index is 7.47. The Kier molecular flexibility index (Phi) is 11.3. The second-order valence-corrected chi connectivity index (χ2v) is 24.8. The van der Waals surface area contributed by atoms with Crippen molar-refractivity contribution >= 4 is 126 Å². The Morgan fingerprint density at radius 3 is 1.58 bits per heavy atom. The quantitative estimate of drug-likeness (QED) is 0.141. The van der Waals surface area contributed by atoms with Gasteiger partial charge in [0.15, 0.2) is 0 Å². The minimum atomic E-state index is -0.0576. The Bertz CT molecular complexity index is 4980. The van der Waals surface area contributed by atoms with E-state index in [1.54, 1.807) is 0 Å². The largest absolute Gasteiger partial charge is 0.458 e. The minimum absolute atomic E-state index is 0.0317. The van der Waals surface area contributed by atoms with Crippen LogP contribution in [0.1, 0.15) is 0 Å². The number of anilines is 6. The molecule has 400 valence electrons. The van der Waals surface area contributed by atoms with Crippen LogP contribution in [0.4, 0.5) is 34.1 Å². The standard InChI is InChI=1S/C78H49B2N3OS2/c1-4-22-50(23-5-1)59-30-12-17-35-66(59)83-69-38-20-15-33-62(69)79-65-48-64-71(49-74(65)86-76-47-56(46-70(83)77(76)79)81(53-24-6-2-7-25-53)54-26-8-3-9-27-54)84-72-44-52(45-75-78(72)80(64)63-34-16-21-39-73(63)85-75)58-29-11-10-28-57(58)51-40-42-55(43-41-51)82-67-36-18-13-31-60(67)61-32-14-19-37-68(61)82/h1-49H. The smallest absolute Gasteiger partial charge is 0.253 e. The van der Waals surface area contributed by atoms with Gasteiger partial charge >= 0.3 is 0 Å². The highest BCUT2D eigenvalue weighted by Gasteiger charge is 2.45. The predicted octanol–water partition coefficient (Wildman–Crippen LogP) is 17.1. The van der Waals surface area contributed by atoms with E-state index in [0.717, 1.165) is 51.1 Å². The number of ether oxygens (including phenoxy) is 1. The number of nitrogens with zero attached hydrogens (tertiary/aromatic N) is 3. The number of hydrogen-bond donors (Lipinski definition) is 0. The van der Waals surface area contributed by atoms with Gasteiger partial charge in [0.05, 0.1) is 16.7 Å². The molecular weight excluding hydrogens is 1080 g/mol. The van der Waals surface area contributed by atoms with E-state index in [1.807, 2.05) is 23.5 Å². The minimum Gasteiger partial charge on any atom is -0.458 e. The summed E-state index contributed by atoms with van der Waals surface area (Å²) in [4.78, 5) is 9.89. The lowest BCUT2D eigenvalue weighted by atomic mass is 9.32. The third-order valence-electron chi connectivity index (χ3n) is 17.9. The average Bonchev–Trinajstić information content (AvgIpc) is 0.945. The molecule has 0 atom stereocenters. The van der Waals surface area contributed by atoms with Gasteiger partial charge in [-0.3, -0.25) is 0 Å². The highest BCUT2D eigenvalue weighted by atomic mass is 32.2. The lowest BCUT2D eigenvalue weighted by Gasteiger charge is -2.42. The van der Waals surface area contributed by atoms with E-state index in [-0.39, 0.29) is 13.4 Å². The van der Waals surface area contributed by atoms with Crippen molar-refractivity contribution < 1.29 is 4.74 Å². The number of fused-ring (bicyclic) bond motifs is 11. The van der Waals surface area contributed by atoms with Crippen LogP contribution in [-0.2, 0) is 0 Å². The molecule has 0 aliphatic carbocycles. The lowest BCUT2D eigenvalue weighted by Crippen LogP contribution is -2.63. The summed E-state index contributed by atoms with van der Waals surface area (Å²) in [5, 5.41) is 2.52. The van der Waals surface area contributed by atoms with Gasteiger partial charge in [0.2, 0.25) is 6.71 Å². The molecule has 14 aromatic rings. The van der Waals surface area contributed by atoms with Crippen molar-refractivity contribution in [1.29, 1.82) is 0 Å². The van der Waals surface area contributed by atoms with E-state index >= 15 is 0 Å². The van der Waals surface area contributed by atoms with Gasteiger partial charge in [0, 0.05) is 70.0 Å². The van der Waals surface area contributed by atoms with Gasteiger partial charge in [0.25, 0.3) is 6.71 Å². The van der Waals surface area contributed by atoms with Crippen LogP contribution in [0.5, 0.6) is 11.5 Å². The first-order chi connectivity index (χ1) is 42.7. The van der Waals surface area contributed by atoms with Gasteiger partial charge in [0.1, 0.15) is 11.5 Å². The summed E-state index contributed by atoms with van der Waals surface area (Å²) in [6.45, 7) is -0.0892. The molecule has 1 aromatic heterocycles. The van der Waals surface area contributed by atoms with Gasteiger partial charge in [-0.25, -0.2) is 0 Å². The van der Waals surface area contributed by atoms with Crippen LogP contribution in [0.2, 0.25) is 0 Å². The van der Waals surface area contributed by atoms with Crippen LogP contribution in [0.3, 0.4) is 0 Å².